The lowest BCUT2D eigenvalue weighted by atomic mass is 10.2. The van der Waals surface area contributed by atoms with Gasteiger partial charge in [-0.15, -0.1) is 0 Å². The van der Waals surface area contributed by atoms with Gasteiger partial charge in [0.15, 0.2) is 0 Å². The molecule has 3 nitrogen and oxygen atoms in total. The third kappa shape index (κ3) is 3.60. The Bertz CT molecular complexity index is 520. The highest BCUT2D eigenvalue weighted by atomic mass is 79.9. The molecule has 0 heterocycles. The zero-order chi connectivity index (χ0) is 12.8. The zero-order valence-corrected chi connectivity index (χ0v) is 11.5. The lowest BCUT2D eigenvalue weighted by molar-refractivity contribution is 0.415. The minimum atomic E-state index is 0.841. The molecule has 0 unspecified atom stereocenters. The fourth-order valence-corrected chi connectivity index (χ4v) is 1.66. The van der Waals surface area contributed by atoms with E-state index in [4.69, 9.17) is 4.74 Å². The molecule has 4 heteroatoms. The van der Waals surface area contributed by atoms with Gasteiger partial charge < -0.3 is 4.74 Å². The van der Waals surface area contributed by atoms with Crippen molar-refractivity contribution in [3.8, 4) is 5.75 Å². The second-order valence-electron chi connectivity index (χ2n) is 3.65. The Morgan fingerprint density at radius 2 is 1.72 bits per heavy atom. The van der Waals surface area contributed by atoms with E-state index in [1.54, 1.807) is 13.3 Å². The molecule has 0 saturated carbocycles. The molecule has 0 aliphatic heterocycles. The van der Waals surface area contributed by atoms with Gasteiger partial charge in [-0.2, -0.15) is 5.10 Å². The summed E-state index contributed by atoms with van der Waals surface area (Å²) in [5.74, 6) is 0.841. The van der Waals surface area contributed by atoms with Crippen LogP contribution in [0.1, 0.15) is 5.56 Å². The monoisotopic (exact) mass is 304 g/mol. The minimum Gasteiger partial charge on any atom is -0.497 e. The zero-order valence-electron chi connectivity index (χ0n) is 9.93. The molecule has 0 fully saturated rings. The van der Waals surface area contributed by atoms with Gasteiger partial charge in [0.05, 0.1) is 19.0 Å². The number of methoxy groups -OCH3 is 1. The average Bonchev–Trinajstić information content (AvgIpc) is 2.42. The summed E-state index contributed by atoms with van der Waals surface area (Å²) in [7, 11) is 1.65. The van der Waals surface area contributed by atoms with Crippen molar-refractivity contribution in [2.45, 2.75) is 0 Å². The van der Waals surface area contributed by atoms with Gasteiger partial charge in [-0.25, -0.2) is 0 Å². The van der Waals surface area contributed by atoms with Gasteiger partial charge >= 0.3 is 0 Å². The molecule has 0 aliphatic rings. The fourth-order valence-electron chi connectivity index (χ4n) is 1.40. The number of hydrazone groups is 1. The van der Waals surface area contributed by atoms with Crippen molar-refractivity contribution in [3.63, 3.8) is 0 Å². The Labute approximate surface area is 115 Å². The molecule has 2 aromatic rings. The largest absolute Gasteiger partial charge is 0.497 e. The number of nitrogens with one attached hydrogen (secondary N) is 1. The highest BCUT2D eigenvalue weighted by molar-refractivity contribution is 9.10. The van der Waals surface area contributed by atoms with Crippen LogP contribution in [0.15, 0.2) is 58.1 Å². The van der Waals surface area contributed by atoms with Crippen molar-refractivity contribution in [2.24, 2.45) is 5.10 Å². The first-order valence-corrected chi connectivity index (χ1v) is 6.26. The number of rotatable bonds is 4. The second-order valence-corrected chi connectivity index (χ2v) is 4.57. The molecule has 0 aliphatic carbocycles. The number of halogens is 1. The molecule has 2 rings (SSSR count). The summed E-state index contributed by atoms with van der Waals surface area (Å²) in [6, 6.07) is 15.5. The number of anilines is 1. The van der Waals surface area contributed by atoms with Crippen LogP contribution < -0.4 is 10.2 Å². The molecular formula is C14H13BrN2O. The van der Waals surface area contributed by atoms with Crippen molar-refractivity contribution < 1.29 is 4.74 Å². The van der Waals surface area contributed by atoms with Crippen LogP contribution in [0.2, 0.25) is 0 Å². The molecule has 0 amide bonds. The van der Waals surface area contributed by atoms with Gasteiger partial charge in [0.2, 0.25) is 0 Å². The Hall–Kier alpha value is -1.81. The summed E-state index contributed by atoms with van der Waals surface area (Å²) in [4.78, 5) is 0. The molecule has 0 atom stereocenters. The molecule has 1 N–H and O–H groups in total. The molecule has 18 heavy (non-hydrogen) atoms. The van der Waals surface area contributed by atoms with Crippen LogP contribution in [0.4, 0.5) is 5.69 Å². The highest BCUT2D eigenvalue weighted by Crippen LogP contribution is 2.14. The maximum atomic E-state index is 5.09. The maximum Gasteiger partial charge on any atom is 0.118 e. The number of ether oxygens (including phenoxy) is 1. The van der Waals surface area contributed by atoms with E-state index in [-0.39, 0.29) is 0 Å². The third-order valence-electron chi connectivity index (χ3n) is 2.37. The first-order chi connectivity index (χ1) is 8.78. The molecule has 2 aromatic carbocycles. The van der Waals surface area contributed by atoms with Crippen molar-refractivity contribution in [1.29, 1.82) is 0 Å². The Morgan fingerprint density at radius 3 is 2.33 bits per heavy atom. The average molecular weight is 305 g/mol. The summed E-state index contributed by atoms with van der Waals surface area (Å²) < 4.78 is 6.14. The summed E-state index contributed by atoms with van der Waals surface area (Å²) in [5, 5.41) is 4.17. The molecule has 0 aromatic heterocycles. The third-order valence-corrected chi connectivity index (χ3v) is 2.90. The van der Waals surface area contributed by atoms with Crippen molar-refractivity contribution in [2.75, 3.05) is 12.5 Å². The number of benzene rings is 2. The van der Waals surface area contributed by atoms with Gasteiger partial charge in [-0.05, 0) is 54.1 Å². The van der Waals surface area contributed by atoms with Crippen LogP contribution in [0.3, 0.4) is 0 Å². The first-order valence-electron chi connectivity index (χ1n) is 5.46. The summed E-state index contributed by atoms with van der Waals surface area (Å²) in [5.41, 5.74) is 4.93. The van der Waals surface area contributed by atoms with E-state index >= 15 is 0 Å². The van der Waals surface area contributed by atoms with Gasteiger partial charge in [0.1, 0.15) is 5.75 Å². The van der Waals surface area contributed by atoms with Crippen molar-refractivity contribution in [1.82, 2.24) is 0 Å². The molecule has 92 valence electrons. The maximum absolute atomic E-state index is 5.09. The Balaban J connectivity index is 1.96. The SMILES string of the molecule is COc1ccc(C=NNc2ccc(Br)cc2)cc1. The van der Waals surface area contributed by atoms with Crippen LogP contribution in [-0.2, 0) is 0 Å². The van der Waals surface area contributed by atoms with Gasteiger partial charge in [-0.1, -0.05) is 15.9 Å². The second kappa shape index (κ2) is 6.21. The predicted molar refractivity (Wildman–Crippen MR) is 78.4 cm³/mol. The van der Waals surface area contributed by atoms with E-state index in [1.807, 2.05) is 48.5 Å². The molecule has 0 radical (unpaired) electrons. The lowest BCUT2D eigenvalue weighted by Crippen LogP contribution is -1.90. The van der Waals surface area contributed by atoms with E-state index in [1.165, 1.54) is 0 Å². The van der Waals surface area contributed by atoms with Crippen molar-refractivity contribution >= 4 is 27.8 Å². The van der Waals surface area contributed by atoms with E-state index in [0.717, 1.165) is 21.5 Å². The smallest absolute Gasteiger partial charge is 0.118 e. The standard InChI is InChI=1S/C14H13BrN2O/c1-18-14-8-2-11(3-9-14)10-16-17-13-6-4-12(15)5-7-13/h2-10,17H,1H3. The van der Waals surface area contributed by atoms with Crippen LogP contribution in [-0.4, -0.2) is 13.3 Å². The van der Waals surface area contributed by atoms with Gasteiger partial charge in [0, 0.05) is 4.47 Å². The van der Waals surface area contributed by atoms with Gasteiger partial charge in [-0.3, -0.25) is 5.43 Å². The van der Waals surface area contributed by atoms with Crippen LogP contribution >= 0.6 is 15.9 Å². The van der Waals surface area contributed by atoms with E-state index in [2.05, 4.69) is 26.5 Å². The number of hydrogen-bond acceptors (Lipinski definition) is 3. The Kier molecular flexibility index (Phi) is 4.36. The van der Waals surface area contributed by atoms with E-state index in [0.29, 0.717) is 0 Å². The van der Waals surface area contributed by atoms with E-state index in [9.17, 15) is 0 Å². The molecule has 0 spiro atoms. The van der Waals surface area contributed by atoms with E-state index < -0.39 is 0 Å². The van der Waals surface area contributed by atoms with Crippen LogP contribution in [0.25, 0.3) is 0 Å². The van der Waals surface area contributed by atoms with Crippen LogP contribution in [0.5, 0.6) is 5.75 Å². The summed E-state index contributed by atoms with van der Waals surface area (Å²) >= 11 is 3.39. The predicted octanol–water partition coefficient (Wildman–Crippen LogP) is 3.90. The summed E-state index contributed by atoms with van der Waals surface area (Å²) in [6.07, 6.45) is 1.77. The molecular weight excluding hydrogens is 292 g/mol. The molecule has 0 saturated heterocycles. The first kappa shape index (κ1) is 12.6. The minimum absolute atomic E-state index is 0.841. The summed E-state index contributed by atoms with van der Waals surface area (Å²) in [6.45, 7) is 0. The fraction of sp³-hybridized carbons (Fsp3) is 0.0714. The van der Waals surface area contributed by atoms with Gasteiger partial charge in [0.25, 0.3) is 0 Å². The lowest BCUT2D eigenvalue weighted by Gasteiger charge is -2.00. The molecule has 0 bridgehead atoms. The topological polar surface area (TPSA) is 33.6 Å². The quantitative estimate of drug-likeness (QED) is 0.686. The normalized spacial score (nSPS) is 10.6. The van der Waals surface area contributed by atoms with Crippen LogP contribution in [0, 0.1) is 0 Å². The highest BCUT2D eigenvalue weighted by Gasteiger charge is 1.91. The van der Waals surface area contributed by atoms with Crippen molar-refractivity contribution in [3.05, 3.63) is 58.6 Å². The number of nitrogens with zero attached hydrogens (tertiary/aromatic N) is 1. The number of hydrogen-bond donors (Lipinski definition) is 1. The Morgan fingerprint density at radius 1 is 1.06 bits per heavy atom.